The molecule has 0 radical (unpaired) electrons. The number of aliphatic hydroxyl groups excluding tert-OH is 1. The van der Waals surface area contributed by atoms with E-state index < -0.39 is 0 Å². The van der Waals surface area contributed by atoms with Gasteiger partial charge in [0.2, 0.25) is 0 Å². The molecule has 0 aromatic heterocycles. The minimum atomic E-state index is -0.365. The predicted octanol–water partition coefficient (Wildman–Crippen LogP) is 0.692. The molecule has 1 saturated heterocycles. The Kier molecular flexibility index (Phi) is 7.32. The summed E-state index contributed by atoms with van der Waals surface area (Å²) < 4.78 is 5.68. The van der Waals surface area contributed by atoms with Gasteiger partial charge in [0.1, 0.15) is 0 Å². The van der Waals surface area contributed by atoms with Crippen molar-refractivity contribution >= 4 is 0 Å². The molecule has 0 amide bonds. The molecule has 0 aromatic carbocycles. The van der Waals surface area contributed by atoms with E-state index in [1.165, 1.54) is 0 Å². The van der Waals surface area contributed by atoms with Gasteiger partial charge < -0.3 is 9.84 Å². The van der Waals surface area contributed by atoms with E-state index in [9.17, 15) is 5.11 Å². The molecule has 19 heavy (non-hydrogen) atoms. The molecule has 0 aromatic rings. The van der Waals surface area contributed by atoms with Crippen molar-refractivity contribution in [2.45, 2.75) is 45.5 Å². The van der Waals surface area contributed by atoms with Gasteiger partial charge in [0, 0.05) is 39.1 Å². The molecule has 1 aliphatic rings. The van der Waals surface area contributed by atoms with Crippen LogP contribution in [0.25, 0.3) is 0 Å². The molecule has 1 heterocycles. The maximum atomic E-state index is 10.2. The fourth-order valence-corrected chi connectivity index (χ4v) is 2.67. The first-order chi connectivity index (χ1) is 9.05. The lowest BCUT2D eigenvalue weighted by Gasteiger charge is -2.36. The summed E-state index contributed by atoms with van der Waals surface area (Å²) in [4.78, 5) is 4.39. The summed E-state index contributed by atoms with van der Waals surface area (Å²) in [6.45, 7) is 10.9. The Morgan fingerprint density at radius 3 is 2.58 bits per heavy atom. The number of nitriles is 1. The van der Waals surface area contributed by atoms with E-state index in [4.69, 9.17) is 10.00 Å². The van der Waals surface area contributed by atoms with Crippen LogP contribution in [0.15, 0.2) is 0 Å². The fourth-order valence-electron chi connectivity index (χ4n) is 2.67. The minimum absolute atomic E-state index is 0.233. The Bertz CT molecular complexity index is 283. The molecule has 0 saturated carbocycles. The van der Waals surface area contributed by atoms with Crippen LogP contribution >= 0.6 is 0 Å². The molecule has 1 aliphatic heterocycles. The molecule has 110 valence electrons. The topological polar surface area (TPSA) is 59.7 Å². The van der Waals surface area contributed by atoms with E-state index in [-0.39, 0.29) is 18.3 Å². The van der Waals surface area contributed by atoms with E-state index in [1.807, 2.05) is 0 Å². The Labute approximate surface area is 116 Å². The van der Waals surface area contributed by atoms with Gasteiger partial charge in [0.25, 0.3) is 0 Å². The third kappa shape index (κ3) is 6.35. The monoisotopic (exact) mass is 269 g/mol. The van der Waals surface area contributed by atoms with Gasteiger partial charge in [-0.3, -0.25) is 9.80 Å². The highest BCUT2D eigenvalue weighted by molar-refractivity contribution is 4.78. The molecular weight excluding hydrogens is 242 g/mol. The van der Waals surface area contributed by atoms with Crippen LogP contribution in [-0.4, -0.2) is 72.5 Å². The van der Waals surface area contributed by atoms with Crippen molar-refractivity contribution in [1.29, 1.82) is 5.26 Å². The average molecular weight is 269 g/mol. The van der Waals surface area contributed by atoms with Crippen molar-refractivity contribution in [2.24, 2.45) is 0 Å². The Morgan fingerprint density at radius 1 is 1.42 bits per heavy atom. The van der Waals surface area contributed by atoms with Crippen molar-refractivity contribution in [1.82, 2.24) is 9.80 Å². The van der Waals surface area contributed by atoms with Crippen LogP contribution in [0.2, 0.25) is 0 Å². The van der Waals surface area contributed by atoms with Gasteiger partial charge in [-0.05, 0) is 20.4 Å². The molecule has 1 fully saturated rings. The SMILES string of the molecule is CCN(CCC#N)CC(O)CN1CC(C)OC(C)C1. The maximum Gasteiger partial charge on any atom is 0.0793 e. The summed E-state index contributed by atoms with van der Waals surface area (Å²) in [7, 11) is 0. The lowest BCUT2D eigenvalue weighted by molar-refractivity contribution is -0.0779. The van der Waals surface area contributed by atoms with Gasteiger partial charge in [-0.15, -0.1) is 0 Å². The zero-order valence-electron chi connectivity index (χ0n) is 12.4. The van der Waals surface area contributed by atoms with Crippen molar-refractivity contribution in [2.75, 3.05) is 39.3 Å². The second kappa shape index (κ2) is 8.49. The number of morpholine rings is 1. The second-order valence-corrected chi connectivity index (χ2v) is 5.43. The number of ether oxygens (including phenoxy) is 1. The second-order valence-electron chi connectivity index (χ2n) is 5.43. The molecule has 0 spiro atoms. The number of likely N-dealkylation sites (N-methyl/N-ethyl adjacent to an activating group) is 1. The van der Waals surface area contributed by atoms with E-state index in [2.05, 4.69) is 36.6 Å². The third-order valence-corrected chi connectivity index (χ3v) is 3.42. The van der Waals surface area contributed by atoms with E-state index >= 15 is 0 Å². The summed E-state index contributed by atoms with van der Waals surface area (Å²) in [6, 6.07) is 2.15. The molecule has 3 unspecified atom stereocenters. The first kappa shape index (κ1) is 16.4. The maximum absolute atomic E-state index is 10.2. The third-order valence-electron chi connectivity index (χ3n) is 3.42. The molecule has 5 nitrogen and oxygen atoms in total. The van der Waals surface area contributed by atoms with Crippen LogP contribution in [0.5, 0.6) is 0 Å². The molecule has 1 N–H and O–H groups in total. The number of hydrogen-bond acceptors (Lipinski definition) is 5. The molecular formula is C14H27N3O2. The summed E-state index contributed by atoms with van der Waals surface area (Å²) in [5.74, 6) is 0. The van der Waals surface area contributed by atoms with Crippen molar-refractivity contribution in [3.63, 3.8) is 0 Å². The van der Waals surface area contributed by atoms with Gasteiger partial charge in [0.15, 0.2) is 0 Å². The highest BCUT2D eigenvalue weighted by Crippen LogP contribution is 2.11. The zero-order valence-corrected chi connectivity index (χ0v) is 12.4. The van der Waals surface area contributed by atoms with E-state index in [0.717, 1.165) is 26.2 Å². The van der Waals surface area contributed by atoms with Crippen molar-refractivity contribution in [3.8, 4) is 6.07 Å². The fraction of sp³-hybridized carbons (Fsp3) is 0.929. The summed E-state index contributed by atoms with van der Waals surface area (Å²) >= 11 is 0. The molecule has 0 aliphatic carbocycles. The molecule has 5 heteroatoms. The first-order valence-corrected chi connectivity index (χ1v) is 7.20. The number of rotatable bonds is 7. The molecule has 0 bridgehead atoms. The van der Waals surface area contributed by atoms with Gasteiger partial charge in [0.05, 0.1) is 24.4 Å². The van der Waals surface area contributed by atoms with Crippen LogP contribution in [0.4, 0.5) is 0 Å². The molecule has 3 atom stereocenters. The molecule has 1 rings (SSSR count). The Balaban J connectivity index is 2.32. The largest absolute Gasteiger partial charge is 0.390 e. The summed E-state index contributed by atoms with van der Waals surface area (Å²) in [6.07, 6.45) is 0.622. The van der Waals surface area contributed by atoms with Crippen molar-refractivity contribution < 1.29 is 9.84 Å². The smallest absolute Gasteiger partial charge is 0.0793 e. The predicted molar refractivity (Wildman–Crippen MR) is 74.8 cm³/mol. The highest BCUT2D eigenvalue weighted by atomic mass is 16.5. The van der Waals surface area contributed by atoms with Crippen LogP contribution in [0.1, 0.15) is 27.2 Å². The number of nitrogens with zero attached hydrogens (tertiary/aromatic N) is 3. The zero-order chi connectivity index (χ0) is 14.3. The van der Waals surface area contributed by atoms with Crippen LogP contribution in [0, 0.1) is 11.3 Å². The summed E-state index contributed by atoms with van der Waals surface area (Å²) in [5.41, 5.74) is 0. The minimum Gasteiger partial charge on any atom is -0.390 e. The van der Waals surface area contributed by atoms with Gasteiger partial charge >= 0.3 is 0 Å². The number of hydrogen-bond donors (Lipinski definition) is 1. The highest BCUT2D eigenvalue weighted by Gasteiger charge is 2.24. The Morgan fingerprint density at radius 2 is 2.05 bits per heavy atom. The quantitative estimate of drug-likeness (QED) is 0.737. The van der Waals surface area contributed by atoms with Gasteiger partial charge in [-0.2, -0.15) is 5.26 Å². The van der Waals surface area contributed by atoms with Gasteiger partial charge in [-0.25, -0.2) is 0 Å². The summed E-state index contributed by atoms with van der Waals surface area (Å²) in [5, 5.41) is 18.8. The van der Waals surface area contributed by atoms with E-state index in [0.29, 0.717) is 19.5 Å². The average Bonchev–Trinajstić information content (AvgIpc) is 2.33. The number of aliphatic hydroxyl groups is 1. The van der Waals surface area contributed by atoms with Crippen LogP contribution < -0.4 is 0 Å². The van der Waals surface area contributed by atoms with Crippen molar-refractivity contribution in [3.05, 3.63) is 0 Å². The first-order valence-electron chi connectivity index (χ1n) is 7.20. The van der Waals surface area contributed by atoms with Gasteiger partial charge in [-0.1, -0.05) is 6.92 Å². The lowest BCUT2D eigenvalue weighted by Crippen LogP contribution is -2.49. The number of β-amino-alcohol motifs (C(OH)–C–C–N with tert-alkyl or cyclic N) is 1. The van der Waals surface area contributed by atoms with E-state index in [1.54, 1.807) is 0 Å². The lowest BCUT2D eigenvalue weighted by atomic mass is 10.2. The normalized spacial score (nSPS) is 26.3. The Hall–Kier alpha value is -0.670. The standard InChI is InChI=1S/C14H27N3O2/c1-4-16(7-5-6-15)10-14(18)11-17-8-12(2)19-13(3)9-17/h12-14,18H,4-5,7-11H2,1-3H3. The van der Waals surface area contributed by atoms with Crippen LogP contribution in [0.3, 0.4) is 0 Å². The van der Waals surface area contributed by atoms with Crippen LogP contribution in [-0.2, 0) is 4.74 Å².